The topological polar surface area (TPSA) is 62.2 Å². The van der Waals surface area contributed by atoms with Crippen molar-refractivity contribution in [3.8, 4) is 0 Å². The van der Waals surface area contributed by atoms with Gasteiger partial charge in [-0.25, -0.2) is 9.78 Å². The molecule has 1 aromatic carbocycles. The first-order valence-electron chi connectivity index (χ1n) is 4.97. The van der Waals surface area contributed by atoms with E-state index in [1.54, 1.807) is 24.3 Å². The SMILES string of the molecule is O=C(O)c1ccc(Nc2cc(Cl)ccc2Cl)nc1. The average Bonchev–Trinajstić information content (AvgIpc) is 2.34. The van der Waals surface area contributed by atoms with Crippen molar-refractivity contribution in [3.05, 3.63) is 52.1 Å². The van der Waals surface area contributed by atoms with Gasteiger partial charge in [0, 0.05) is 11.2 Å². The number of aromatic carboxylic acids is 1. The van der Waals surface area contributed by atoms with Gasteiger partial charge in [-0.1, -0.05) is 23.2 Å². The number of benzene rings is 1. The molecular weight excluding hydrogens is 275 g/mol. The highest BCUT2D eigenvalue weighted by atomic mass is 35.5. The van der Waals surface area contributed by atoms with Crippen LogP contribution in [0.3, 0.4) is 0 Å². The molecular formula is C12H8Cl2N2O2. The van der Waals surface area contributed by atoms with Crippen LogP contribution < -0.4 is 5.32 Å². The number of carboxylic acids is 1. The standard InChI is InChI=1S/C12H8Cl2N2O2/c13-8-2-3-9(14)10(5-8)16-11-4-1-7(6-15-11)12(17)18/h1-6H,(H,15,16)(H,17,18). The predicted octanol–water partition coefficient (Wildman–Crippen LogP) is 3.83. The molecule has 0 radical (unpaired) electrons. The van der Waals surface area contributed by atoms with E-state index in [0.29, 0.717) is 21.6 Å². The summed E-state index contributed by atoms with van der Waals surface area (Å²) in [6.07, 6.45) is 1.27. The number of rotatable bonds is 3. The van der Waals surface area contributed by atoms with Crippen LogP contribution in [-0.2, 0) is 0 Å². The molecule has 92 valence electrons. The van der Waals surface area contributed by atoms with Gasteiger partial charge in [-0.2, -0.15) is 0 Å². The largest absolute Gasteiger partial charge is 0.478 e. The highest BCUT2D eigenvalue weighted by Gasteiger charge is 2.05. The van der Waals surface area contributed by atoms with E-state index in [9.17, 15) is 4.79 Å². The van der Waals surface area contributed by atoms with E-state index in [1.807, 2.05) is 0 Å². The molecule has 4 nitrogen and oxygen atoms in total. The summed E-state index contributed by atoms with van der Waals surface area (Å²) in [7, 11) is 0. The minimum Gasteiger partial charge on any atom is -0.478 e. The molecule has 2 N–H and O–H groups in total. The zero-order chi connectivity index (χ0) is 13.1. The van der Waals surface area contributed by atoms with E-state index < -0.39 is 5.97 Å². The van der Waals surface area contributed by atoms with Gasteiger partial charge in [-0.15, -0.1) is 0 Å². The monoisotopic (exact) mass is 282 g/mol. The molecule has 0 amide bonds. The van der Waals surface area contributed by atoms with Gasteiger partial charge in [-0.3, -0.25) is 0 Å². The van der Waals surface area contributed by atoms with Crippen LogP contribution in [0.4, 0.5) is 11.5 Å². The lowest BCUT2D eigenvalue weighted by atomic mass is 10.3. The normalized spacial score (nSPS) is 10.1. The van der Waals surface area contributed by atoms with Crippen molar-refractivity contribution >= 4 is 40.7 Å². The molecule has 18 heavy (non-hydrogen) atoms. The third-order valence-corrected chi connectivity index (χ3v) is 2.77. The van der Waals surface area contributed by atoms with Gasteiger partial charge < -0.3 is 10.4 Å². The maximum absolute atomic E-state index is 10.7. The summed E-state index contributed by atoms with van der Waals surface area (Å²) in [6.45, 7) is 0. The van der Waals surface area contributed by atoms with Crippen LogP contribution in [0, 0.1) is 0 Å². The summed E-state index contributed by atoms with van der Waals surface area (Å²) < 4.78 is 0. The third kappa shape index (κ3) is 2.91. The Morgan fingerprint density at radius 1 is 1.22 bits per heavy atom. The number of carboxylic acid groups (broad SMARTS) is 1. The Morgan fingerprint density at radius 3 is 2.61 bits per heavy atom. The van der Waals surface area contributed by atoms with E-state index >= 15 is 0 Å². The molecule has 0 unspecified atom stereocenters. The first kappa shape index (κ1) is 12.7. The van der Waals surface area contributed by atoms with E-state index in [0.717, 1.165) is 0 Å². The van der Waals surface area contributed by atoms with Crippen LogP contribution in [0.5, 0.6) is 0 Å². The predicted molar refractivity (Wildman–Crippen MR) is 70.9 cm³/mol. The summed E-state index contributed by atoms with van der Waals surface area (Å²) in [4.78, 5) is 14.6. The molecule has 6 heteroatoms. The zero-order valence-corrected chi connectivity index (χ0v) is 10.5. The van der Waals surface area contributed by atoms with Crippen molar-refractivity contribution < 1.29 is 9.90 Å². The second-order valence-electron chi connectivity index (χ2n) is 3.49. The Hall–Kier alpha value is -1.78. The van der Waals surface area contributed by atoms with Gasteiger partial charge in [0.25, 0.3) is 0 Å². The highest BCUT2D eigenvalue weighted by Crippen LogP contribution is 2.27. The van der Waals surface area contributed by atoms with Crippen LogP contribution in [-0.4, -0.2) is 16.1 Å². The van der Waals surface area contributed by atoms with Gasteiger partial charge >= 0.3 is 5.97 Å². The number of pyridine rings is 1. The first-order valence-corrected chi connectivity index (χ1v) is 5.73. The van der Waals surface area contributed by atoms with E-state index in [4.69, 9.17) is 28.3 Å². The Labute approximate surface area is 113 Å². The summed E-state index contributed by atoms with van der Waals surface area (Å²) >= 11 is 11.8. The molecule has 0 aliphatic heterocycles. The van der Waals surface area contributed by atoms with Crippen molar-refractivity contribution in [2.24, 2.45) is 0 Å². The lowest BCUT2D eigenvalue weighted by Crippen LogP contribution is -1.99. The van der Waals surface area contributed by atoms with Gasteiger partial charge in [-0.05, 0) is 30.3 Å². The molecule has 2 aromatic rings. The molecule has 1 aromatic heterocycles. The lowest BCUT2D eigenvalue weighted by Gasteiger charge is -2.08. The molecule has 2 rings (SSSR count). The van der Waals surface area contributed by atoms with E-state index in [1.165, 1.54) is 12.3 Å². The molecule has 0 fully saturated rings. The molecule has 1 heterocycles. The Kier molecular flexibility index (Phi) is 3.69. The summed E-state index contributed by atoms with van der Waals surface area (Å²) in [5, 5.41) is 12.8. The summed E-state index contributed by atoms with van der Waals surface area (Å²) in [5.41, 5.74) is 0.734. The second-order valence-corrected chi connectivity index (χ2v) is 4.33. The fourth-order valence-corrected chi connectivity index (χ4v) is 1.66. The van der Waals surface area contributed by atoms with Crippen LogP contribution in [0.15, 0.2) is 36.5 Å². The smallest absolute Gasteiger partial charge is 0.337 e. The van der Waals surface area contributed by atoms with Crippen molar-refractivity contribution in [1.82, 2.24) is 4.98 Å². The highest BCUT2D eigenvalue weighted by molar-refractivity contribution is 6.35. The fourth-order valence-electron chi connectivity index (χ4n) is 1.33. The molecule has 0 saturated carbocycles. The van der Waals surface area contributed by atoms with Gasteiger partial charge in [0.1, 0.15) is 5.82 Å². The zero-order valence-electron chi connectivity index (χ0n) is 9.02. The fraction of sp³-hybridized carbons (Fsp3) is 0. The van der Waals surface area contributed by atoms with Crippen LogP contribution in [0.1, 0.15) is 10.4 Å². The van der Waals surface area contributed by atoms with E-state index in [2.05, 4.69) is 10.3 Å². The van der Waals surface area contributed by atoms with Crippen molar-refractivity contribution in [2.45, 2.75) is 0 Å². The molecule has 0 saturated heterocycles. The molecule has 0 atom stereocenters. The first-order chi connectivity index (χ1) is 8.56. The number of carbonyl (C=O) groups is 1. The lowest BCUT2D eigenvalue weighted by molar-refractivity contribution is 0.0696. The average molecular weight is 283 g/mol. The summed E-state index contributed by atoms with van der Waals surface area (Å²) in [5.74, 6) is -0.529. The molecule has 0 bridgehead atoms. The second kappa shape index (κ2) is 5.25. The van der Waals surface area contributed by atoms with Gasteiger partial charge in [0.15, 0.2) is 0 Å². The van der Waals surface area contributed by atoms with E-state index in [-0.39, 0.29) is 5.56 Å². The quantitative estimate of drug-likeness (QED) is 0.898. The van der Waals surface area contributed by atoms with Crippen LogP contribution in [0.25, 0.3) is 0 Å². The van der Waals surface area contributed by atoms with Crippen molar-refractivity contribution in [3.63, 3.8) is 0 Å². The van der Waals surface area contributed by atoms with Crippen LogP contribution in [0.2, 0.25) is 10.0 Å². The molecule has 0 spiro atoms. The summed E-state index contributed by atoms with van der Waals surface area (Å²) in [6, 6.07) is 8.02. The Balaban J connectivity index is 2.23. The number of hydrogen-bond donors (Lipinski definition) is 2. The van der Waals surface area contributed by atoms with Crippen molar-refractivity contribution in [2.75, 3.05) is 5.32 Å². The number of nitrogens with one attached hydrogen (secondary N) is 1. The minimum absolute atomic E-state index is 0.123. The van der Waals surface area contributed by atoms with Crippen molar-refractivity contribution in [1.29, 1.82) is 0 Å². The number of anilines is 2. The van der Waals surface area contributed by atoms with Gasteiger partial charge in [0.2, 0.25) is 0 Å². The number of nitrogens with zero attached hydrogens (tertiary/aromatic N) is 1. The number of hydrogen-bond acceptors (Lipinski definition) is 3. The van der Waals surface area contributed by atoms with Crippen LogP contribution >= 0.6 is 23.2 Å². The Morgan fingerprint density at radius 2 is 2.00 bits per heavy atom. The number of halogens is 2. The maximum atomic E-state index is 10.7. The minimum atomic E-state index is -1.02. The maximum Gasteiger partial charge on any atom is 0.337 e. The Bertz CT molecular complexity index is 585. The number of aromatic nitrogens is 1. The third-order valence-electron chi connectivity index (χ3n) is 2.20. The van der Waals surface area contributed by atoms with Gasteiger partial charge in [0.05, 0.1) is 16.3 Å². The molecule has 0 aliphatic carbocycles. The molecule has 0 aliphatic rings.